The number of furan rings is 1. The first-order valence-corrected chi connectivity index (χ1v) is 25.3. The summed E-state index contributed by atoms with van der Waals surface area (Å²) in [5.41, 5.74) is 15.0. The predicted octanol–water partition coefficient (Wildman–Crippen LogP) is 20.2. The van der Waals surface area contributed by atoms with Crippen LogP contribution in [0.5, 0.6) is 0 Å². The highest BCUT2D eigenvalue weighted by molar-refractivity contribution is 7.26. The predicted molar refractivity (Wildman–Crippen MR) is 307 cm³/mol. The minimum Gasteiger partial charge on any atom is -0.456 e. The van der Waals surface area contributed by atoms with Crippen molar-refractivity contribution in [3.8, 4) is 33.4 Å². The molecule has 12 aromatic carbocycles. The first kappa shape index (κ1) is 41.7. The van der Waals surface area contributed by atoms with Crippen LogP contribution >= 0.6 is 11.3 Å². The number of nitrogens with zero attached hydrogens (tertiary/aromatic N) is 2. The van der Waals surface area contributed by atoms with Crippen LogP contribution in [0.1, 0.15) is 0 Å². The van der Waals surface area contributed by atoms with Gasteiger partial charge in [0.2, 0.25) is 0 Å². The number of anilines is 6. The smallest absolute Gasteiger partial charge is 0.135 e. The second-order valence-corrected chi connectivity index (χ2v) is 19.5. The molecule has 0 aliphatic carbocycles. The quantitative estimate of drug-likeness (QED) is 0.134. The lowest BCUT2D eigenvalue weighted by Gasteiger charge is -2.31. The fourth-order valence-electron chi connectivity index (χ4n) is 10.8. The molecule has 0 radical (unpaired) electrons. The molecule has 14 aromatic rings. The fourth-order valence-corrected chi connectivity index (χ4v) is 12.0. The molecule has 72 heavy (non-hydrogen) atoms. The second kappa shape index (κ2) is 17.3. The zero-order chi connectivity index (χ0) is 47.5. The molecule has 0 N–H and O–H groups in total. The minimum atomic E-state index is 0.861. The van der Waals surface area contributed by atoms with Crippen molar-refractivity contribution in [3.05, 3.63) is 267 Å². The number of hydrogen-bond acceptors (Lipinski definition) is 4. The van der Waals surface area contributed by atoms with Crippen molar-refractivity contribution < 1.29 is 4.42 Å². The van der Waals surface area contributed by atoms with Crippen LogP contribution in [-0.4, -0.2) is 0 Å². The van der Waals surface area contributed by atoms with Gasteiger partial charge in [-0.1, -0.05) is 176 Å². The van der Waals surface area contributed by atoms with Gasteiger partial charge < -0.3 is 14.2 Å². The van der Waals surface area contributed by atoms with Crippen LogP contribution in [0.25, 0.3) is 97.0 Å². The van der Waals surface area contributed by atoms with Crippen molar-refractivity contribution in [1.29, 1.82) is 0 Å². The molecule has 0 saturated heterocycles. The van der Waals surface area contributed by atoms with E-state index in [1.807, 2.05) is 17.4 Å². The molecular formula is C68H44N2OS. The van der Waals surface area contributed by atoms with Crippen LogP contribution in [0.3, 0.4) is 0 Å². The highest BCUT2D eigenvalue weighted by atomic mass is 32.1. The van der Waals surface area contributed by atoms with E-state index in [0.717, 1.165) is 61.6 Å². The zero-order valence-corrected chi connectivity index (χ0v) is 39.9. The Bertz CT molecular complexity index is 4240. The van der Waals surface area contributed by atoms with Crippen LogP contribution in [0.4, 0.5) is 34.1 Å². The number of benzene rings is 12. The summed E-state index contributed by atoms with van der Waals surface area (Å²) >= 11 is 1.84. The zero-order valence-electron chi connectivity index (χ0n) is 39.1. The van der Waals surface area contributed by atoms with E-state index >= 15 is 0 Å². The van der Waals surface area contributed by atoms with Gasteiger partial charge in [0, 0.05) is 59.4 Å². The average molecular weight is 937 g/mol. The lowest BCUT2D eigenvalue weighted by atomic mass is 9.92. The number of hydrogen-bond donors (Lipinski definition) is 0. The molecule has 0 bridgehead atoms. The lowest BCUT2D eigenvalue weighted by Crippen LogP contribution is -2.14. The number of rotatable bonds is 9. The van der Waals surface area contributed by atoms with Crippen molar-refractivity contribution in [2.24, 2.45) is 0 Å². The van der Waals surface area contributed by atoms with Gasteiger partial charge in [-0.15, -0.1) is 11.3 Å². The number of fused-ring (bicyclic) bond motifs is 9. The standard InChI is InChI=1S/C68H44N2OS/c1-3-16-45(17-4-1)47-30-34-51(35-31-47)69(52-36-32-48(33-37-52)46-18-5-2-6-19-46)54-40-50(61-42-49-20-7-8-21-56(49)57-22-9-10-23-58(57)61)41-55(43-54)70(53-38-39-65-62(44-53)59-24-11-13-27-64(59)71-65)63-26-15-29-67-68(63)60-25-12-14-28-66(60)72-67/h1-44H. The van der Waals surface area contributed by atoms with Crippen LogP contribution in [-0.2, 0) is 0 Å². The third-order valence-electron chi connectivity index (χ3n) is 14.2. The molecule has 0 saturated carbocycles. The van der Waals surface area contributed by atoms with Gasteiger partial charge in [0.1, 0.15) is 11.2 Å². The van der Waals surface area contributed by atoms with Crippen molar-refractivity contribution in [1.82, 2.24) is 0 Å². The van der Waals surface area contributed by atoms with Crippen molar-refractivity contribution >= 4 is 109 Å². The molecule has 0 unspecified atom stereocenters. The minimum absolute atomic E-state index is 0.861. The maximum Gasteiger partial charge on any atom is 0.135 e. The number of para-hydroxylation sites is 1. The summed E-state index contributed by atoms with van der Waals surface area (Å²) in [6.07, 6.45) is 0. The Labute approximate surface area is 421 Å². The van der Waals surface area contributed by atoms with Crippen LogP contribution in [0.2, 0.25) is 0 Å². The second-order valence-electron chi connectivity index (χ2n) is 18.5. The Morgan fingerprint density at radius 1 is 0.278 bits per heavy atom. The maximum atomic E-state index is 6.47. The molecule has 0 spiro atoms. The number of thiophene rings is 1. The Hall–Kier alpha value is -9.22. The molecule has 3 nitrogen and oxygen atoms in total. The highest BCUT2D eigenvalue weighted by Gasteiger charge is 2.24. The van der Waals surface area contributed by atoms with Crippen LogP contribution in [0, 0.1) is 0 Å². The van der Waals surface area contributed by atoms with Crippen molar-refractivity contribution in [3.63, 3.8) is 0 Å². The first-order valence-electron chi connectivity index (χ1n) is 24.5. The van der Waals surface area contributed by atoms with E-state index < -0.39 is 0 Å². The largest absolute Gasteiger partial charge is 0.456 e. The summed E-state index contributed by atoms with van der Waals surface area (Å²) in [4.78, 5) is 4.90. The lowest BCUT2D eigenvalue weighted by molar-refractivity contribution is 0.669. The maximum absolute atomic E-state index is 6.47. The van der Waals surface area contributed by atoms with Crippen LogP contribution in [0.15, 0.2) is 271 Å². The molecule has 14 rings (SSSR count). The van der Waals surface area contributed by atoms with Gasteiger partial charge in [-0.3, -0.25) is 0 Å². The summed E-state index contributed by atoms with van der Waals surface area (Å²) < 4.78 is 8.97. The van der Waals surface area contributed by atoms with E-state index in [4.69, 9.17) is 4.42 Å². The molecule has 2 heterocycles. The Morgan fingerprint density at radius 2 is 0.806 bits per heavy atom. The van der Waals surface area contributed by atoms with Gasteiger partial charge in [0.25, 0.3) is 0 Å². The SMILES string of the molecule is c1ccc(-c2ccc(N(c3ccc(-c4ccccc4)cc3)c3cc(-c4cc5ccccc5c5ccccc45)cc(N(c4ccc5oc6ccccc6c5c4)c4cccc5sc6ccccc6c45)c3)cc2)cc1. The van der Waals surface area contributed by atoms with Gasteiger partial charge in [-0.05, 0) is 146 Å². The van der Waals surface area contributed by atoms with Crippen molar-refractivity contribution in [2.75, 3.05) is 9.80 Å². The van der Waals surface area contributed by atoms with Gasteiger partial charge >= 0.3 is 0 Å². The van der Waals surface area contributed by atoms with E-state index in [1.165, 1.54) is 69.5 Å². The molecule has 0 atom stereocenters. The Kier molecular flexibility index (Phi) is 10.0. The molecule has 338 valence electrons. The molecule has 0 amide bonds. The fraction of sp³-hybridized carbons (Fsp3) is 0. The van der Waals surface area contributed by atoms with E-state index in [9.17, 15) is 0 Å². The Balaban J connectivity index is 1.07. The average Bonchev–Trinajstić information content (AvgIpc) is 4.03. The van der Waals surface area contributed by atoms with E-state index in [-0.39, 0.29) is 0 Å². The molecule has 0 aliphatic heterocycles. The normalized spacial score (nSPS) is 11.6. The van der Waals surface area contributed by atoms with Gasteiger partial charge in [0.15, 0.2) is 0 Å². The highest BCUT2D eigenvalue weighted by Crippen LogP contribution is 2.49. The van der Waals surface area contributed by atoms with E-state index in [2.05, 4.69) is 271 Å². The third-order valence-corrected chi connectivity index (χ3v) is 15.3. The summed E-state index contributed by atoms with van der Waals surface area (Å²) in [5, 5.41) is 9.50. The summed E-state index contributed by atoms with van der Waals surface area (Å²) in [5.74, 6) is 0. The summed E-state index contributed by atoms with van der Waals surface area (Å²) in [6.45, 7) is 0. The molecular weight excluding hydrogens is 893 g/mol. The molecule has 4 heteroatoms. The topological polar surface area (TPSA) is 19.6 Å². The van der Waals surface area contributed by atoms with Gasteiger partial charge in [-0.25, -0.2) is 0 Å². The van der Waals surface area contributed by atoms with E-state index in [0.29, 0.717) is 0 Å². The van der Waals surface area contributed by atoms with Crippen molar-refractivity contribution in [2.45, 2.75) is 0 Å². The van der Waals surface area contributed by atoms with Crippen LogP contribution < -0.4 is 9.80 Å². The van der Waals surface area contributed by atoms with E-state index in [1.54, 1.807) is 0 Å². The monoisotopic (exact) mass is 936 g/mol. The third kappa shape index (κ3) is 7.19. The summed E-state index contributed by atoms with van der Waals surface area (Å²) in [7, 11) is 0. The molecule has 0 fully saturated rings. The van der Waals surface area contributed by atoms with Gasteiger partial charge in [0.05, 0.1) is 5.69 Å². The Morgan fingerprint density at radius 3 is 1.51 bits per heavy atom. The molecule has 2 aromatic heterocycles. The molecule has 0 aliphatic rings. The van der Waals surface area contributed by atoms with Gasteiger partial charge in [-0.2, -0.15) is 0 Å². The first-order chi connectivity index (χ1) is 35.7. The summed E-state index contributed by atoms with van der Waals surface area (Å²) in [6, 6.07) is 97.1.